The second-order valence-corrected chi connectivity index (χ2v) is 4.83. The number of halogens is 1. The maximum atomic E-state index is 11.5. The molecule has 1 amide bonds. The maximum Gasteiger partial charge on any atom is 0.407 e. The third-order valence-corrected chi connectivity index (χ3v) is 3.51. The van der Waals surface area contributed by atoms with Crippen molar-refractivity contribution < 1.29 is 19.1 Å². The fourth-order valence-electron chi connectivity index (χ4n) is 1.53. The highest BCUT2D eigenvalue weighted by Gasteiger charge is 2.36. The molecule has 0 bridgehead atoms. The fourth-order valence-corrected chi connectivity index (χ4v) is 1.95. The molecule has 0 aliphatic carbocycles. The first kappa shape index (κ1) is 12.9. The van der Waals surface area contributed by atoms with E-state index >= 15 is 0 Å². The molecule has 1 aliphatic rings. The summed E-state index contributed by atoms with van der Waals surface area (Å²) in [5.41, 5.74) is 0.904. The number of esters is 1. The van der Waals surface area contributed by atoms with E-state index in [0.717, 1.165) is 5.56 Å². The summed E-state index contributed by atoms with van der Waals surface area (Å²) in [5.74, 6) is -0.372. The molecule has 1 saturated heterocycles. The predicted molar refractivity (Wildman–Crippen MR) is 67.2 cm³/mol. The Morgan fingerprint density at radius 1 is 1.44 bits per heavy atom. The molecule has 18 heavy (non-hydrogen) atoms. The summed E-state index contributed by atoms with van der Waals surface area (Å²) in [6.07, 6.45) is -0.563. The summed E-state index contributed by atoms with van der Waals surface area (Å²) >= 11 is 3.15. The van der Waals surface area contributed by atoms with Crippen molar-refractivity contribution in [3.8, 4) is 0 Å². The van der Waals surface area contributed by atoms with E-state index in [2.05, 4.69) is 21.2 Å². The Morgan fingerprint density at radius 3 is 2.78 bits per heavy atom. The highest BCUT2D eigenvalue weighted by molar-refractivity contribution is 9.10. The molecule has 1 N–H and O–H groups in total. The largest absolute Gasteiger partial charge is 0.463 e. The predicted octanol–water partition coefficient (Wildman–Crippen LogP) is 1.60. The van der Waals surface area contributed by atoms with Gasteiger partial charge in [0.2, 0.25) is 0 Å². The highest BCUT2D eigenvalue weighted by atomic mass is 79.9. The molecule has 1 fully saturated rings. The Hall–Kier alpha value is -1.56. The van der Waals surface area contributed by atoms with Crippen LogP contribution in [0.1, 0.15) is 5.56 Å². The van der Waals surface area contributed by atoms with Crippen molar-refractivity contribution in [3.05, 3.63) is 35.9 Å². The van der Waals surface area contributed by atoms with Gasteiger partial charge in [-0.05, 0) is 5.56 Å². The summed E-state index contributed by atoms with van der Waals surface area (Å²) < 4.78 is 9.82. The molecular formula is C12H12BrNO4. The number of hydrogen-bond acceptors (Lipinski definition) is 4. The van der Waals surface area contributed by atoms with Gasteiger partial charge in [0.05, 0.1) is 6.04 Å². The van der Waals surface area contributed by atoms with Crippen LogP contribution in [-0.2, 0) is 20.9 Å². The van der Waals surface area contributed by atoms with Crippen LogP contribution in [-0.4, -0.2) is 29.5 Å². The van der Waals surface area contributed by atoms with Crippen LogP contribution in [0.25, 0.3) is 0 Å². The Kier molecular flexibility index (Phi) is 4.19. The van der Waals surface area contributed by atoms with Crippen LogP contribution in [0.3, 0.4) is 0 Å². The van der Waals surface area contributed by atoms with E-state index in [-0.39, 0.29) is 25.2 Å². The summed E-state index contributed by atoms with van der Waals surface area (Å²) in [5, 5.41) is 2.58. The topological polar surface area (TPSA) is 64.6 Å². The molecule has 2 rings (SSSR count). The molecule has 0 spiro atoms. The molecule has 5 nitrogen and oxygen atoms in total. The zero-order chi connectivity index (χ0) is 13.0. The van der Waals surface area contributed by atoms with E-state index < -0.39 is 10.9 Å². The van der Waals surface area contributed by atoms with E-state index in [1.54, 1.807) is 0 Å². The van der Waals surface area contributed by atoms with Gasteiger partial charge in [0.15, 0.2) is 0 Å². The number of alkyl halides is 1. The SMILES string of the molecule is O=C(N[C@@H]1COC(=O)[C@H]1Br)OCc1ccccc1. The van der Waals surface area contributed by atoms with E-state index in [4.69, 9.17) is 9.47 Å². The second kappa shape index (κ2) is 5.86. The number of rotatable bonds is 3. The number of alkyl carbamates (subject to hydrolysis) is 1. The number of nitrogens with one attached hydrogen (secondary N) is 1. The molecule has 0 aromatic heterocycles. The number of carbonyl (C=O) groups is 2. The molecule has 1 heterocycles. The van der Waals surface area contributed by atoms with Crippen molar-refractivity contribution >= 4 is 28.0 Å². The summed E-state index contributed by atoms with van der Waals surface area (Å²) in [6.45, 7) is 0.357. The number of carbonyl (C=O) groups excluding carboxylic acids is 2. The Morgan fingerprint density at radius 2 is 2.17 bits per heavy atom. The van der Waals surface area contributed by atoms with E-state index in [1.807, 2.05) is 30.3 Å². The number of ether oxygens (including phenoxy) is 2. The van der Waals surface area contributed by atoms with Crippen LogP contribution in [0.15, 0.2) is 30.3 Å². The van der Waals surface area contributed by atoms with E-state index in [9.17, 15) is 9.59 Å². The average Bonchev–Trinajstić information content (AvgIpc) is 2.70. The molecule has 0 radical (unpaired) electrons. The third-order valence-electron chi connectivity index (χ3n) is 2.50. The first-order chi connectivity index (χ1) is 8.66. The smallest absolute Gasteiger partial charge is 0.407 e. The second-order valence-electron chi connectivity index (χ2n) is 3.84. The Bertz CT molecular complexity index is 437. The van der Waals surface area contributed by atoms with Gasteiger partial charge in [-0.2, -0.15) is 0 Å². The van der Waals surface area contributed by atoms with Crippen molar-refractivity contribution in [2.75, 3.05) is 6.61 Å². The molecule has 0 unspecified atom stereocenters. The van der Waals surface area contributed by atoms with Crippen molar-refractivity contribution in [2.24, 2.45) is 0 Å². The molecule has 6 heteroatoms. The van der Waals surface area contributed by atoms with Gasteiger partial charge < -0.3 is 14.8 Å². The number of cyclic esters (lactones) is 1. The lowest BCUT2D eigenvalue weighted by Gasteiger charge is -2.12. The monoisotopic (exact) mass is 313 g/mol. The van der Waals surface area contributed by atoms with Crippen LogP contribution in [0.4, 0.5) is 4.79 Å². The Labute approximate surface area is 113 Å². The highest BCUT2D eigenvalue weighted by Crippen LogP contribution is 2.16. The first-order valence-corrected chi connectivity index (χ1v) is 6.36. The van der Waals surface area contributed by atoms with Crippen molar-refractivity contribution in [1.82, 2.24) is 5.32 Å². The number of amides is 1. The van der Waals surface area contributed by atoms with E-state index in [0.29, 0.717) is 0 Å². The van der Waals surface area contributed by atoms with Crippen LogP contribution in [0.5, 0.6) is 0 Å². The van der Waals surface area contributed by atoms with Gasteiger partial charge in [-0.25, -0.2) is 4.79 Å². The minimum absolute atomic E-state index is 0.162. The van der Waals surface area contributed by atoms with Gasteiger partial charge in [0.1, 0.15) is 18.0 Å². The quantitative estimate of drug-likeness (QED) is 0.680. The normalized spacial score (nSPS) is 22.4. The van der Waals surface area contributed by atoms with Gasteiger partial charge in [-0.1, -0.05) is 46.3 Å². The lowest BCUT2D eigenvalue weighted by atomic mass is 10.2. The molecule has 1 aliphatic heterocycles. The molecule has 0 saturated carbocycles. The maximum absolute atomic E-state index is 11.5. The lowest BCUT2D eigenvalue weighted by molar-refractivity contribution is -0.137. The van der Waals surface area contributed by atoms with Gasteiger partial charge in [-0.15, -0.1) is 0 Å². The zero-order valence-corrected chi connectivity index (χ0v) is 11.1. The standard InChI is InChI=1S/C12H12BrNO4/c13-10-9(7-17-11(10)15)14-12(16)18-6-8-4-2-1-3-5-8/h1-5,9-10H,6-7H2,(H,14,16)/t9-,10+/m1/s1. The molecule has 1 aromatic rings. The molecule has 96 valence electrons. The average molecular weight is 314 g/mol. The van der Waals surface area contributed by atoms with Crippen LogP contribution in [0, 0.1) is 0 Å². The number of hydrogen-bond donors (Lipinski definition) is 1. The molecule has 1 aromatic carbocycles. The van der Waals surface area contributed by atoms with Gasteiger partial charge in [0.25, 0.3) is 0 Å². The Balaban J connectivity index is 1.78. The zero-order valence-electron chi connectivity index (χ0n) is 9.47. The van der Waals surface area contributed by atoms with Crippen molar-refractivity contribution in [3.63, 3.8) is 0 Å². The van der Waals surface area contributed by atoms with Crippen LogP contribution >= 0.6 is 15.9 Å². The summed E-state index contributed by atoms with van der Waals surface area (Å²) in [4.78, 5) is 22.1. The minimum atomic E-state index is -0.563. The molecular weight excluding hydrogens is 302 g/mol. The van der Waals surface area contributed by atoms with Crippen molar-refractivity contribution in [1.29, 1.82) is 0 Å². The van der Waals surface area contributed by atoms with Crippen LogP contribution in [0.2, 0.25) is 0 Å². The third kappa shape index (κ3) is 3.22. The van der Waals surface area contributed by atoms with Gasteiger partial charge in [0, 0.05) is 0 Å². The van der Waals surface area contributed by atoms with Gasteiger partial charge in [-0.3, -0.25) is 4.79 Å². The van der Waals surface area contributed by atoms with Crippen molar-refractivity contribution in [2.45, 2.75) is 17.5 Å². The molecule has 2 atom stereocenters. The van der Waals surface area contributed by atoms with Gasteiger partial charge >= 0.3 is 12.1 Å². The number of benzene rings is 1. The lowest BCUT2D eigenvalue weighted by Crippen LogP contribution is -2.41. The minimum Gasteiger partial charge on any atom is -0.463 e. The summed E-state index contributed by atoms with van der Waals surface area (Å²) in [6, 6.07) is 8.97. The first-order valence-electron chi connectivity index (χ1n) is 5.45. The fraction of sp³-hybridized carbons (Fsp3) is 0.333. The van der Waals surface area contributed by atoms with Crippen LogP contribution < -0.4 is 5.32 Å². The summed E-state index contributed by atoms with van der Waals surface area (Å²) in [7, 11) is 0. The van der Waals surface area contributed by atoms with E-state index in [1.165, 1.54) is 0 Å².